The van der Waals surface area contributed by atoms with Crippen molar-refractivity contribution in [2.75, 3.05) is 6.66 Å². The summed E-state index contributed by atoms with van der Waals surface area (Å²) in [6.07, 6.45) is 0. The van der Waals surface area contributed by atoms with Crippen molar-refractivity contribution in [3.63, 3.8) is 0 Å². The standard InChI is InChI=1S/C8H9O3P/c1-12(10)8-4-7(9)3-2-6(8)5-11-12/h2-4,9H,5H2,1H3. The topological polar surface area (TPSA) is 46.5 Å². The number of benzene rings is 1. The summed E-state index contributed by atoms with van der Waals surface area (Å²) < 4.78 is 16.8. The number of fused-ring (bicyclic) bond motifs is 1. The Labute approximate surface area is 70.4 Å². The molecular formula is C8H9O3P. The molecular weight excluding hydrogens is 175 g/mol. The van der Waals surface area contributed by atoms with Crippen LogP contribution in [0.1, 0.15) is 5.56 Å². The van der Waals surface area contributed by atoms with Crippen LogP contribution in [0.2, 0.25) is 0 Å². The zero-order chi connectivity index (χ0) is 8.77. The van der Waals surface area contributed by atoms with E-state index in [1.54, 1.807) is 18.8 Å². The van der Waals surface area contributed by atoms with Gasteiger partial charge in [0.1, 0.15) is 5.75 Å². The van der Waals surface area contributed by atoms with Crippen molar-refractivity contribution < 1.29 is 14.2 Å². The molecule has 1 aliphatic heterocycles. The van der Waals surface area contributed by atoms with Crippen LogP contribution < -0.4 is 5.30 Å². The zero-order valence-electron chi connectivity index (χ0n) is 6.65. The number of hydrogen-bond acceptors (Lipinski definition) is 3. The van der Waals surface area contributed by atoms with E-state index < -0.39 is 7.37 Å². The third kappa shape index (κ3) is 1.06. The molecule has 0 spiro atoms. The Morgan fingerprint density at radius 3 is 3.08 bits per heavy atom. The molecule has 3 nitrogen and oxygen atoms in total. The molecule has 1 N–H and O–H groups in total. The zero-order valence-corrected chi connectivity index (χ0v) is 7.54. The van der Waals surface area contributed by atoms with E-state index >= 15 is 0 Å². The summed E-state index contributed by atoms with van der Waals surface area (Å²) in [6, 6.07) is 4.84. The van der Waals surface area contributed by atoms with Crippen LogP contribution in [-0.4, -0.2) is 11.8 Å². The molecule has 1 heterocycles. The van der Waals surface area contributed by atoms with Gasteiger partial charge in [-0.2, -0.15) is 0 Å². The predicted octanol–water partition coefficient (Wildman–Crippen LogP) is 1.46. The fourth-order valence-electron chi connectivity index (χ4n) is 1.31. The normalized spacial score (nSPS) is 27.1. The SMILES string of the molecule is CP1(=O)OCc2ccc(O)cc21. The molecule has 64 valence electrons. The van der Waals surface area contributed by atoms with Gasteiger partial charge in [0, 0.05) is 12.0 Å². The number of hydrogen-bond donors (Lipinski definition) is 1. The quantitative estimate of drug-likeness (QED) is 0.621. The maximum atomic E-state index is 11.7. The van der Waals surface area contributed by atoms with Gasteiger partial charge in [-0.25, -0.2) is 0 Å². The number of phenols is 1. The Morgan fingerprint density at radius 1 is 1.58 bits per heavy atom. The molecule has 1 aliphatic rings. The highest BCUT2D eigenvalue weighted by Crippen LogP contribution is 2.48. The molecule has 1 atom stereocenters. The lowest BCUT2D eigenvalue weighted by atomic mass is 10.2. The molecule has 0 aliphatic carbocycles. The van der Waals surface area contributed by atoms with Gasteiger partial charge in [0.05, 0.1) is 6.61 Å². The Kier molecular flexibility index (Phi) is 1.53. The predicted molar refractivity (Wildman–Crippen MR) is 46.1 cm³/mol. The van der Waals surface area contributed by atoms with Crippen LogP contribution in [0.15, 0.2) is 18.2 Å². The molecule has 12 heavy (non-hydrogen) atoms. The van der Waals surface area contributed by atoms with Crippen molar-refractivity contribution in [3.8, 4) is 5.75 Å². The molecule has 4 heteroatoms. The molecule has 2 rings (SSSR count). The Morgan fingerprint density at radius 2 is 2.33 bits per heavy atom. The van der Waals surface area contributed by atoms with E-state index in [-0.39, 0.29) is 5.75 Å². The summed E-state index contributed by atoms with van der Waals surface area (Å²) in [5.74, 6) is 0.140. The number of aromatic hydroxyl groups is 1. The van der Waals surface area contributed by atoms with Crippen molar-refractivity contribution >= 4 is 12.7 Å². The van der Waals surface area contributed by atoms with Gasteiger partial charge in [0.25, 0.3) is 0 Å². The molecule has 1 unspecified atom stereocenters. The van der Waals surface area contributed by atoms with Crippen LogP contribution in [0.4, 0.5) is 0 Å². The second-order valence-electron chi connectivity index (χ2n) is 2.93. The van der Waals surface area contributed by atoms with Crippen LogP contribution in [0.25, 0.3) is 0 Å². The maximum absolute atomic E-state index is 11.7. The second-order valence-corrected chi connectivity index (χ2v) is 5.36. The van der Waals surface area contributed by atoms with E-state index in [0.29, 0.717) is 11.9 Å². The van der Waals surface area contributed by atoms with Crippen LogP contribution >= 0.6 is 7.37 Å². The summed E-state index contributed by atoms with van der Waals surface area (Å²) in [6.45, 7) is 1.96. The lowest BCUT2D eigenvalue weighted by Crippen LogP contribution is -2.01. The third-order valence-corrected chi connectivity index (χ3v) is 3.89. The first-order chi connectivity index (χ1) is 5.59. The van der Waals surface area contributed by atoms with E-state index in [1.165, 1.54) is 6.07 Å². The van der Waals surface area contributed by atoms with Crippen LogP contribution in [0.3, 0.4) is 0 Å². The number of phenolic OH excluding ortho intramolecular Hbond substituents is 1. The summed E-state index contributed by atoms with van der Waals surface area (Å²) in [7, 11) is -2.62. The highest BCUT2D eigenvalue weighted by atomic mass is 31.2. The first kappa shape index (κ1) is 7.84. The van der Waals surface area contributed by atoms with Gasteiger partial charge in [0.15, 0.2) is 0 Å². The minimum atomic E-state index is -2.62. The summed E-state index contributed by atoms with van der Waals surface area (Å²) in [5, 5.41) is 9.81. The van der Waals surface area contributed by atoms with Gasteiger partial charge in [-0.05, 0) is 17.7 Å². The van der Waals surface area contributed by atoms with E-state index in [9.17, 15) is 4.57 Å². The lowest BCUT2D eigenvalue weighted by molar-refractivity contribution is 0.327. The molecule has 0 saturated carbocycles. The van der Waals surface area contributed by atoms with E-state index in [0.717, 1.165) is 5.56 Å². The Balaban J connectivity index is 2.65. The maximum Gasteiger partial charge on any atom is 0.229 e. The summed E-state index contributed by atoms with van der Waals surface area (Å²) in [4.78, 5) is 0. The van der Waals surface area contributed by atoms with E-state index in [2.05, 4.69) is 0 Å². The van der Waals surface area contributed by atoms with Crippen molar-refractivity contribution in [2.45, 2.75) is 6.61 Å². The van der Waals surface area contributed by atoms with Gasteiger partial charge in [0.2, 0.25) is 7.37 Å². The van der Waals surface area contributed by atoms with Crippen molar-refractivity contribution in [2.24, 2.45) is 0 Å². The fourth-order valence-corrected chi connectivity index (χ4v) is 2.87. The molecule has 0 bridgehead atoms. The van der Waals surface area contributed by atoms with Crippen molar-refractivity contribution in [1.29, 1.82) is 0 Å². The Hall–Kier alpha value is -0.790. The summed E-state index contributed by atoms with van der Waals surface area (Å²) >= 11 is 0. The summed E-state index contributed by atoms with van der Waals surface area (Å²) in [5.41, 5.74) is 0.915. The van der Waals surface area contributed by atoms with Crippen molar-refractivity contribution in [3.05, 3.63) is 23.8 Å². The first-order valence-corrected chi connectivity index (χ1v) is 5.71. The molecule has 0 saturated heterocycles. The highest BCUT2D eigenvalue weighted by Gasteiger charge is 2.29. The molecule has 0 radical (unpaired) electrons. The van der Waals surface area contributed by atoms with Crippen LogP contribution in [-0.2, 0) is 15.7 Å². The van der Waals surface area contributed by atoms with Crippen LogP contribution in [0, 0.1) is 0 Å². The molecule has 0 amide bonds. The minimum Gasteiger partial charge on any atom is -0.508 e. The average molecular weight is 184 g/mol. The van der Waals surface area contributed by atoms with Crippen molar-refractivity contribution in [1.82, 2.24) is 0 Å². The molecule has 1 aromatic carbocycles. The first-order valence-electron chi connectivity index (χ1n) is 3.64. The minimum absolute atomic E-state index is 0.140. The van der Waals surface area contributed by atoms with Gasteiger partial charge in [-0.1, -0.05) is 6.07 Å². The van der Waals surface area contributed by atoms with E-state index in [1.807, 2.05) is 0 Å². The fraction of sp³-hybridized carbons (Fsp3) is 0.250. The molecule has 1 aromatic rings. The highest BCUT2D eigenvalue weighted by molar-refractivity contribution is 7.66. The molecule has 0 fully saturated rings. The number of rotatable bonds is 0. The Bertz CT molecular complexity index is 373. The lowest BCUT2D eigenvalue weighted by Gasteiger charge is -2.03. The van der Waals surface area contributed by atoms with Gasteiger partial charge in [-0.15, -0.1) is 0 Å². The van der Waals surface area contributed by atoms with Gasteiger partial charge >= 0.3 is 0 Å². The smallest absolute Gasteiger partial charge is 0.229 e. The van der Waals surface area contributed by atoms with E-state index in [4.69, 9.17) is 9.63 Å². The second kappa shape index (κ2) is 2.35. The molecule has 0 aromatic heterocycles. The van der Waals surface area contributed by atoms with Crippen LogP contribution in [0.5, 0.6) is 5.75 Å². The van der Waals surface area contributed by atoms with Gasteiger partial charge in [-0.3, -0.25) is 4.57 Å². The third-order valence-electron chi connectivity index (χ3n) is 1.97. The monoisotopic (exact) mass is 184 g/mol. The van der Waals surface area contributed by atoms with Gasteiger partial charge < -0.3 is 9.63 Å². The largest absolute Gasteiger partial charge is 0.508 e. The average Bonchev–Trinajstić information content (AvgIpc) is 2.28.